The van der Waals surface area contributed by atoms with Gasteiger partial charge >= 0.3 is 0 Å². The van der Waals surface area contributed by atoms with Crippen molar-refractivity contribution in [1.29, 1.82) is 0 Å². The largest absolute Gasteiger partial charge is 0.456 e. The van der Waals surface area contributed by atoms with Gasteiger partial charge in [-0.05, 0) is 104 Å². The Labute approximate surface area is 397 Å². The molecule has 13 aromatic rings. The Morgan fingerprint density at radius 1 is 0.319 bits per heavy atom. The van der Waals surface area contributed by atoms with E-state index < -0.39 is 5.41 Å². The SMILES string of the molecule is c1ccc(-c2nc(-c3cccc(-n4c5ccccc5c5cc6c(cc54)C4(c5ccccc5-c5ccccc54)c4ccccc4-6)c3)nc(-c3ccc4c(c3)oc3cccc(-c5ccccc5)c34)n2)cc1. The van der Waals surface area contributed by atoms with Crippen LogP contribution in [-0.2, 0) is 5.41 Å². The molecule has 0 atom stereocenters. The number of para-hydroxylation sites is 1. The van der Waals surface area contributed by atoms with Crippen LogP contribution in [0.3, 0.4) is 0 Å². The molecule has 0 saturated carbocycles. The molecule has 0 unspecified atom stereocenters. The zero-order valence-corrected chi connectivity index (χ0v) is 37.1. The van der Waals surface area contributed by atoms with Crippen LogP contribution in [-0.4, -0.2) is 19.5 Å². The first kappa shape index (κ1) is 38.0. The summed E-state index contributed by atoms with van der Waals surface area (Å²) >= 11 is 0. The van der Waals surface area contributed by atoms with Gasteiger partial charge in [0, 0.05) is 43.9 Å². The van der Waals surface area contributed by atoms with E-state index >= 15 is 0 Å². The minimum absolute atomic E-state index is 0.457. The van der Waals surface area contributed by atoms with Gasteiger partial charge in [-0.1, -0.05) is 182 Å². The normalized spacial score (nSPS) is 13.0. The van der Waals surface area contributed by atoms with Gasteiger partial charge in [0.05, 0.1) is 16.4 Å². The molecule has 1 spiro atoms. The van der Waals surface area contributed by atoms with Crippen molar-refractivity contribution in [2.24, 2.45) is 0 Å². The first-order valence-electron chi connectivity index (χ1n) is 23.5. The van der Waals surface area contributed by atoms with Crippen molar-refractivity contribution >= 4 is 43.7 Å². The molecule has 320 valence electrons. The van der Waals surface area contributed by atoms with Crippen LogP contribution in [0.15, 0.2) is 235 Å². The highest BCUT2D eigenvalue weighted by molar-refractivity contribution is 6.14. The second-order valence-corrected chi connectivity index (χ2v) is 18.2. The lowest BCUT2D eigenvalue weighted by atomic mass is 9.70. The smallest absolute Gasteiger partial charge is 0.164 e. The molecular weight excluding hydrogens is 841 g/mol. The molecule has 3 heterocycles. The van der Waals surface area contributed by atoms with Crippen molar-refractivity contribution < 1.29 is 4.42 Å². The second-order valence-electron chi connectivity index (χ2n) is 18.2. The van der Waals surface area contributed by atoms with E-state index in [2.05, 4.69) is 205 Å². The maximum Gasteiger partial charge on any atom is 0.164 e. The second kappa shape index (κ2) is 14.4. The first-order chi connectivity index (χ1) is 34.2. The van der Waals surface area contributed by atoms with Crippen molar-refractivity contribution in [3.05, 3.63) is 253 Å². The van der Waals surface area contributed by atoms with Crippen molar-refractivity contribution in [1.82, 2.24) is 19.5 Å². The quantitative estimate of drug-likeness (QED) is 0.173. The number of fused-ring (bicyclic) bond motifs is 16. The van der Waals surface area contributed by atoms with Crippen LogP contribution in [0.4, 0.5) is 0 Å². The van der Waals surface area contributed by atoms with Gasteiger partial charge in [0.2, 0.25) is 0 Å². The lowest BCUT2D eigenvalue weighted by molar-refractivity contribution is 0.669. The Bertz CT molecular complexity index is 4210. The number of hydrogen-bond donors (Lipinski definition) is 0. The minimum atomic E-state index is -0.457. The lowest BCUT2D eigenvalue weighted by Crippen LogP contribution is -2.25. The van der Waals surface area contributed by atoms with Gasteiger partial charge in [0.15, 0.2) is 17.5 Å². The van der Waals surface area contributed by atoms with Gasteiger partial charge in [-0.15, -0.1) is 0 Å². The average Bonchev–Trinajstić information content (AvgIpc) is 4.14. The predicted molar refractivity (Wildman–Crippen MR) is 279 cm³/mol. The van der Waals surface area contributed by atoms with Gasteiger partial charge in [-0.2, -0.15) is 0 Å². The fraction of sp³-hybridized carbons (Fsp3) is 0.0156. The molecule has 0 fully saturated rings. The number of hydrogen-bond acceptors (Lipinski definition) is 4. The molecule has 69 heavy (non-hydrogen) atoms. The highest BCUT2D eigenvalue weighted by Crippen LogP contribution is 2.63. The van der Waals surface area contributed by atoms with E-state index in [1.165, 1.54) is 55.3 Å². The molecule has 2 aliphatic rings. The molecule has 5 heteroatoms. The highest BCUT2D eigenvalue weighted by atomic mass is 16.3. The van der Waals surface area contributed by atoms with Gasteiger partial charge in [-0.3, -0.25) is 0 Å². The minimum Gasteiger partial charge on any atom is -0.456 e. The molecule has 10 aromatic carbocycles. The van der Waals surface area contributed by atoms with Crippen LogP contribution in [0, 0.1) is 0 Å². The van der Waals surface area contributed by atoms with Crippen molar-refractivity contribution in [3.63, 3.8) is 0 Å². The van der Waals surface area contributed by atoms with Crippen LogP contribution >= 0.6 is 0 Å². The summed E-state index contributed by atoms with van der Waals surface area (Å²) in [6.45, 7) is 0. The topological polar surface area (TPSA) is 56.7 Å². The first-order valence-corrected chi connectivity index (χ1v) is 23.5. The Kier molecular flexibility index (Phi) is 7.93. The highest BCUT2D eigenvalue weighted by Gasteiger charge is 2.51. The van der Waals surface area contributed by atoms with E-state index in [9.17, 15) is 0 Å². The average molecular weight is 879 g/mol. The Morgan fingerprint density at radius 3 is 1.58 bits per heavy atom. The number of aromatic nitrogens is 4. The fourth-order valence-electron chi connectivity index (χ4n) is 11.8. The third-order valence-corrected chi connectivity index (χ3v) is 14.7. The molecule has 0 bridgehead atoms. The van der Waals surface area contributed by atoms with Gasteiger partial charge in [0.1, 0.15) is 11.2 Å². The maximum atomic E-state index is 6.57. The summed E-state index contributed by atoms with van der Waals surface area (Å²) in [5.41, 5.74) is 19.9. The van der Waals surface area contributed by atoms with Crippen LogP contribution in [0.2, 0.25) is 0 Å². The van der Waals surface area contributed by atoms with E-state index in [1.54, 1.807) is 0 Å². The molecule has 15 rings (SSSR count). The fourth-order valence-corrected chi connectivity index (χ4v) is 11.8. The molecule has 5 nitrogen and oxygen atoms in total. The van der Waals surface area contributed by atoms with Crippen LogP contribution in [0.25, 0.3) is 117 Å². The zero-order chi connectivity index (χ0) is 45.2. The summed E-state index contributed by atoms with van der Waals surface area (Å²) in [7, 11) is 0. The molecular formula is C64H38N4O. The van der Waals surface area contributed by atoms with Crippen LogP contribution in [0.5, 0.6) is 0 Å². The molecule has 0 N–H and O–H groups in total. The number of nitrogens with zero attached hydrogens (tertiary/aromatic N) is 4. The monoisotopic (exact) mass is 878 g/mol. The van der Waals surface area contributed by atoms with Crippen molar-refractivity contribution in [3.8, 4) is 73.2 Å². The summed E-state index contributed by atoms with van der Waals surface area (Å²) in [5, 5.41) is 4.56. The molecule has 2 aliphatic carbocycles. The molecule has 3 aromatic heterocycles. The number of benzene rings is 10. The van der Waals surface area contributed by atoms with E-state index in [0.717, 1.165) is 66.5 Å². The van der Waals surface area contributed by atoms with Gasteiger partial charge in [0.25, 0.3) is 0 Å². The van der Waals surface area contributed by atoms with E-state index in [1.807, 2.05) is 30.3 Å². The summed E-state index contributed by atoms with van der Waals surface area (Å²) in [6.07, 6.45) is 0. The third kappa shape index (κ3) is 5.38. The van der Waals surface area contributed by atoms with Crippen LogP contribution < -0.4 is 0 Å². The summed E-state index contributed by atoms with van der Waals surface area (Å²) in [5.74, 6) is 1.77. The standard InChI is InChI=1S/C64H38N4O/c1-3-17-39(18-4-1)44-27-16-32-58-60(44)49-34-33-42(36-59(49)69-58)63-66-61(40-19-5-2-6-20-40)65-62(67-63)41-21-15-22-43(35-41)68-56-31-14-10-26-48(56)51-37-50-47-25-9-13-30-54(47)64(55(50)38-57(51)68)52-28-11-7-23-45(52)46-24-8-12-29-53(46)64/h1-38H. The Hall–Kier alpha value is -9.19. The van der Waals surface area contributed by atoms with Gasteiger partial charge < -0.3 is 8.98 Å². The lowest BCUT2D eigenvalue weighted by Gasteiger charge is -2.30. The Balaban J connectivity index is 0.922. The molecule has 0 saturated heterocycles. The van der Waals surface area contributed by atoms with Crippen molar-refractivity contribution in [2.75, 3.05) is 0 Å². The zero-order valence-electron chi connectivity index (χ0n) is 37.1. The summed E-state index contributed by atoms with van der Waals surface area (Å²) in [6, 6.07) is 82.6. The molecule has 0 aliphatic heterocycles. The maximum absolute atomic E-state index is 6.57. The van der Waals surface area contributed by atoms with Gasteiger partial charge in [-0.25, -0.2) is 15.0 Å². The van der Waals surface area contributed by atoms with Crippen molar-refractivity contribution in [2.45, 2.75) is 5.41 Å². The number of rotatable bonds is 5. The summed E-state index contributed by atoms with van der Waals surface area (Å²) in [4.78, 5) is 15.6. The molecule has 0 amide bonds. The van der Waals surface area contributed by atoms with E-state index in [0.29, 0.717) is 17.5 Å². The third-order valence-electron chi connectivity index (χ3n) is 14.7. The van der Waals surface area contributed by atoms with E-state index in [4.69, 9.17) is 19.4 Å². The van der Waals surface area contributed by atoms with E-state index in [-0.39, 0.29) is 0 Å². The number of furan rings is 1. The predicted octanol–water partition coefficient (Wildman–Crippen LogP) is 15.9. The Morgan fingerprint density at radius 2 is 0.870 bits per heavy atom. The van der Waals surface area contributed by atoms with Crippen LogP contribution in [0.1, 0.15) is 22.3 Å². The summed E-state index contributed by atoms with van der Waals surface area (Å²) < 4.78 is 9.00. The molecule has 0 radical (unpaired) electrons.